The maximum absolute atomic E-state index is 14.9. The largest absolute Gasteiger partial charge is 0.434 e. The molecule has 0 aliphatic heterocycles. The number of alkyl halides is 2. The topological polar surface area (TPSA) is 59.9 Å². The Morgan fingerprint density at radius 1 is 1.20 bits per heavy atom. The lowest BCUT2D eigenvalue weighted by atomic mass is 10.1. The van der Waals surface area contributed by atoms with Crippen LogP contribution >= 0.6 is 0 Å². The van der Waals surface area contributed by atoms with E-state index in [-0.39, 0.29) is 30.1 Å². The maximum Gasteiger partial charge on any atom is 0.387 e. The van der Waals surface area contributed by atoms with E-state index in [2.05, 4.69) is 15.0 Å². The molecule has 2 aromatic carbocycles. The molecule has 2 aromatic rings. The van der Waals surface area contributed by atoms with Gasteiger partial charge >= 0.3 is 6.61 Å². The number of aliphatic imine (C=N–C) groups is 1. The molecule has 0 heterocycles. The van der Waals surface area contributed by atoms with Gasteiger partial charge in [0.05, 0.1) is 18.6 Å². The number of hydrogen-bond donors (Lipinski definition) is 1. The van der Waals surface area contributed by atoms with Crippen molar-refractivity contribution >= 4 is 11.7 Å². The van der Waals surface area contributed by atoms with Gasteiger partial charge in [0, 0.05) is 0 Å². The molecular weight excluding hydrogens is 397 g/mol. The predicted molar refractivity (Wildman–Crippen MR) is 106 cm³/mol. The average molecular weight is 420 g/mol. The number of hydrogen-bond acceptors (Lipinski definition) is 4. The standard InChI is InChI=1S/C22H23F3N2O3/c1-14-7-10-17(30-22(24)25)19(20(14)23)21(26-13-29-12-16-8-9-16)27-18(28)11-15-5-3-2-4-6-15/h2-7,10,16,22H,8-9,11-13H2,1H3,(H,26,27,28). The van der Waals surface area contributed by atoms with Gasteiger partial charge in [-0.3, -0.25) is 4.79 Å². The Morgan fingerprint density at radius 2 is 1.93 bits per heavy atom. The van der Waals surface area contributed by atoms with Crippen molar-refractivity contribution in [3.63, 3.8) is 0 Å². The van der Waals surface area contributed by atoms with Crippen LogP contribution < -0.4 is 10.1 Å². The number of amidine groups is 1. The summed E-state index contributed by atoms with van der Waals surface area (Å²) in [5.41, 5.74) is 0.621. The number of benzene rings is 2. The van der Waals surface area contributed by atoms with Gasteiger partial charge in [-0.15, -0.1) is 0 Å². The van der Waals surface area contributed by atoms with Crippen LogP contribution in [0.3, 0.4) is 0 Å². The van der Waals surface area contributed by atoms with E-state index in [9.17, 15) is 18.0 Å². The second-order valence-corrected chi connectivity index (χ2v) is 7.11. The van der Waals surface area contributed by atoms with Crippen molar-refractivity contribution in [1.82, 2.24) is 5.32 Å². The minimum Gasteiger partial charge on any atom is -0.434 e. The van der Waals surface area contributed by atoms with Gasteiger partial charge in [0.25, 0.3) is 0 Å². The van der Waals surface area contributed by atoms with Gasteiger partial charge in [-0.2, -0.15) is 8.78 Å². The second-order valence-electron chi connectivity index (χ2n) is 7.11. The predicted octanol–water partition coefficient (Wildman–Crippen LogP) is 4.23. The second kappa shape index (κ2) is 10.2. The van der Waals surface area contributed by atoms with Crippen LogP contribution in [0, 0.1) is 18.7 Å². The van der Waals surface area contributed by atoms with Crippen molar-refractivity contribution in [2.75, 3.05) is 13.3 Å². The molecule has 1 amide bonds. The molecule has 0 bridgehead atoms. The molecule has 160 valence electrons. The average Bonchev–Trinajstić information content (AvgIpc) is 3.52. The highest BCUT2D eigenvalue weighted by molar-refractivity contribution is 6.10. The monoisotopic (exact) mass is 420 g/mol. The Kier molecular flexibility index (Phi) is 7.46. The minimum atomic E-state index is -3.15. The highest BCUT2D eigenvalue weighted by atomic mass is 19.3. The van der Waals surface area contributed by atoms with Crippen LogP contribution in [0.5, 0.6) is 5.75 Å². The summed E-state index contributed by atoms with van der Waals surface area (Å²) in [5.74, 6) is -1.39. The summed E-state index contributed by atoms with van der Waals surface area (Å²) < 4.78 is 50.5. The molecule has 1 aliphatic rings. The molecular formula is C22H23F3N2O3. The van der Waals surface area contributed by atoms with E-state index in [0.717, 1.165) is 18.4 Å². The quantitative estimate of drug-likeness (QED) is 0.375. The summed E-state index contributed by atoms with van der Waals surface area (Å²) in [5, 5.41) is 2.53. The summed E-state index contributed by atoms with van der Waals surface area (Å²) >= 11 is 0. The first-order valence-corrected chi connectivity index (χ1v) is 9.64. The molecule has 0 saturated heterocycles. The van der Waals surface area contributed by atoms with Crippen molar-refractivity contribution in [1.29, 1.82) is 0 Å². The highest BCUT2D eigenvalue weighted by Crippen LogP contribution is 2.29. The lowest BCUT2D eigenvalue weighted by molar-refractivity contribution is -0.119. The van der Waals surface area contributed by atoms with E-state index in [1.54, 1.807) is 24.3 Å². The smallest absolute Gasteiger partial charge is 0.387 e. The number of nitrogens with one attached hydrogen (secondary N) is 1. The van der Waals surface area contributed by atoms with Crippen molar-refractivity contribution in [2.45, 2.75) is 32.8 Å². The van der Waals surface area contributed by atoms with E-state index < -0.39 is 24.1 Å². The molecule has 1 N–H and O–H groups in total. The van der Waals surface area contributed by atoms with Gasteiger partial charge in [-0.05, 0) is 42.9 Å². The van der Waals surface area contributed by atoms with Crippen LogP contribution in [0.2, 0.25) is 0 Å². The van der Waals surface area contributed by atoms with E-state index in [1.165, 1.54) is 19.1 Å². The number of halogens is 3. The Labute approximate surface area is 172 Å². The number of amides is 1. The molecule has 3 rings (SSSR count). The lowest BCUT2D eigenvalue weighted by Crippen LogP contribution is -2.34. The molecule has 0 spiro atoms. The van der Waals surface area contributed by atoms with Crippen LogP contribution in [-0.2, 0) is 16.0 Å². The molecule has 0 atom stereocenters. The summed E-state index contributed by atoms with van der Waals surface area (Å²) in [6.07, 6.45) is 2.19. The van der Waals surface area contributed by atoms with Crippen LogP contribution in [0.1, 0.15) is 29.5 Å². The van der Waals surface area contributed by atoms with Crippen molar-refractivity contribution in [2.24, 2.45) is 10.9 Å². The molecule has 1 fully saturated rings. The summed E-state index contributed by atoms with van der Waals surface area (Å²) in [4.78, 5) is 16.7. The molecule has 0 radical (unpaired) electrons. The zero-order chi connectivity index (χ0) is 21.5. The SMILES string of the molecule is Cc1ccc(OC(F)F)c(C(=NCOCC2CC2)NC(=O)Cc2ccccc2)c1F. The number of aryl methyl sites for hydroxylation is 1. The minimum absolute atomic E-state index is 0.0151. The van der Waals surface area contributed by atoms with E-state index in [1.807, 2.05) is 6.07 Å². The van der Waals surface area contributed by atoms with E-state index in [4.69, 9.17) is 4.74 Å². The van der Waals surface area contributed by atoms with Gasteiger partial charge in [0.15, 0.2) is 0 Å². The number of ether oxygens (including phenoxy) is 2. The van der Waals surface area contributed by atoms with E-state index in [0.29, 0.717) is 12.5 Å². The molecule has 0 aromatic heterocycles. The Bertz CT molecular complexity index is 900. The van der Waals surface area contributed by atoms with Gasteiger partial charge in [-0.1, -0.05) is 36.4 Å². The summed E-state index contributed by atoms with van der Waals surface area (Å²) in [7, 11) is 0. The molecule has 8 heteroatoms. The fourth-order valence-electron chi connectivity index (χ4n) is 2.83. The lowest BCUT2D eigenvalue weighted by Gasteiger charge is -2.16. The van der Waals surface area contributed by atoms with E-state index >= 15 is 0 Å². The fraction of sp³-hybridized carbons (Fsp3) is 0.364. The van der Waals surface area contributed by atoms with Gasteiger partial charge in [0.2, 0.25) is 5.91 Å². The number of nitrogens with zero attached hydrogens (tertiary/aromatic N) is 1. The Balaban J connectivity index is 1.85. The first-order valence-electron chi connectivity index (χ1n) is 9.64. The zero-order valence-corrected chi connectivity index (χ0v) is 16.5. The van der Waals surface area contributed by atoms with Crippen molar-refractivity contribution < 1.29 is 27.4 Å². The van der Waals surface area contributed by atoms with Crippen LogP contribution in [-0.4, -0.2) is 31.7 Å². The van der Waals surface area contributed by atoms with Crippen LogP contribution in [0.15, 0.2) is 47.5 Å². The fourth-order valence-corrected chi connectivity index (χ4v) is 2.83. The van der Waals surface area contributed by atoms with Crippen LogP contribution in [0.25, 0.3) is 0 Å². The number of carbonyl (C=O) groups excluding carboxylic acids is 1. The third-order valence-electron chi connectivity index (χ3n) is 4.58. The third kappa shape index (κ3) is 6.32. The third-order valence-corrected chi connectivity index (χ3v) is 4.58. The Hall–Kier alpha value is -2.87. The number of rotatable bonds is 9. The summed E-state index contributed by atoms with van der Waals surface area (Å²) in [6, 6.07) is 11.5. The Morgan fingerprint density at radius 3 is 2.60 bits per heavy atom. The summed E-state index contributed by atoms with van der Waals surface area (Å²) in [6.45, 7) is -1.30. The maximum atomic E-state index is 14.9. The van der Waals surface area contributed by atoms with Crippen molar-refractivity contribution in [3.05, 3.63) is 65.0 Å². The van der Waals surface area contributed by atoms with Gasteiger partial charge in [0.1, 0.15) is 24.1 Å². The van der Waals surface area contributed by atoms with Gasteiger partial charge in [-0.25, -0.2) is 9.38 Å². The highest BCUT2D eigenvalue weighted by Gasteiger charge is 2.23. The molecule has 0 unspecified atom stereocenters. The molecule has 5 nitrogen and oxygen atoms in total. The van der Waals surface area contributed by atoms with Crippen molar-refractivity contribution in [3.8, 4) is 5.75 Å². The molecule has 30 heavy (non-hydrogen) atoms. The molecule has 1 saturated carbocycles. The first kappa shape index (κ1) is 21.8. The first-order chi connectivity index (χ1) is 14.4. The van der Waals surface area contributed by atoms with Crippen LogP contribution in [0.4, 0.5) is 13.2 Å². The normalized spacial score (nSPS) is 14.1. The molecule has 1 aliphatic carbocycles. The van der Waals surface area contributed by atoms with Gasteiger partial charge < -0.3 is 14.8 Å². The number of carbonyl (C=O) groups is 1. The zero-order valence-electron chi connectivity index (χ0n) is 16.5.